The van der Waals surface area contributed by atoms with Gasteiger partial charge >= 0.3 is 0 Å². The van der Waals surface area contributed by atoms with Crippen molar-refractivity contribution >= 4 is 11.7 Å². The van der Waals surface area contributed by atoms with E-state index in [4.69, 9.17) is 0 Å². The second kappa shape index (κ2) is 8.44. The van der Waals surface area contributed by atoms with Gasteiger partial charge in [-0.2, -0.15) is 0 Å². The van der Waals surface area contributed by atoms with Crippen molar-refractivity contribution in [3.8, 4) is 11.1 Å². The van der Waals surface area contributed by atoms with Crippen LogP contribution in [0.2, 0.25) is 0 Å². The molecule has 4 nitrogen and oxygen atoms in total. The molecule has 0 aliphatic carbocycles. The van der Waals surface area contributed by atoms with Crippen molar-refractivity contribution in [3.63, 3.8) is 0 Å². The number of amides is 1. The third-order valence-electron chi connectivity index (χ3n) is 5.25. The molecule has 1 amide bonds. The largest absolute Gasteiger partial charge is 0.350 e. The second-order valence-electron chi connectivity index (χ2n) is 7.17. The lowest BCUT2D eigenvalue weighted by molar-refractivity contribution is 0.0928. The van der Waals surface area contributed by atoms with Gasteiger partial charge in [-0.3, -0.25) is 9.59 Å². The van der Waals surface area contributed by atoms with E-state index in [9.17, 15) is 14.0 Å². The van der Waals surface area contributed by atoms with Gasteiger partial charge in [0.2, 0.25) is 0 Å². The van der Waals surface area contributed by atoms with E-state index in [1.54, 1.807) is 30.3 Å². The Kier molecular flexibility index (Phi) is 6.01. The van der Waals surface area contributed by atoms with Crippen molar-refractivity contribution < 1.29 is 14.0 Å². The number of likely N-dealkylation sites (N-methyl/N-ethyl adjacent to an activating group) is 1. The normalized spacial score (nSPS) is 17.5. The van der Waals surface area contributed by atoms with Crippen molar-refractivity contribution in [2.24, 2.45) is 0 Å². The molecular formula is C22H25FN2O2. The zero-order chi connectivity index (χ0) is 19.4. The summed E-state index contributed by atoms with van der Waals surface area (Å²) in [5.74, 6) is -0.629. The first kappa shape index (κ1) is 19.2. The fraction of sp³-hybridized carbons (Fsp3) is 0.364. The van der Waals surface area contributed by atoms with E-state index in [0.29, 0.717) is 34.8 Å². The predicted octanol–water partition coefficient (Wildman–Crippen LogP) is 3.91. The average molecular weight is 368 g/mol. The maximum absolute atomic E-state index is 14.1. The van der Waals surface area contributed by atoms with Crippen LogP contribution in [-0.2, 0) is 0 Å². The minimum absolute atomic E-state index is 0.111. The first-order chi connectivity index (χ1) is 13.0. The van der Waals surface area contributed by atoms with Crippen LogP contribution >= 0.6 is 0 Å². The number of carbonyl (C=O) groups is 2. The molecule has 1 aliphatic heterocycles. The topological polar surface area (TPSA) is 49.4 Å². The molecule has 142 valence electrons. The number of benzene rings is 2. The fourth-order valence-corrected chi connectivity index (χ4v) is 3.48. The maximum Gasteiger partial charge on any atom is 0.251 e. The van der Waals surface area contributed by atoms with Crippen LogP contribution in [0, 0.1) is 5.82 Å². The summed E-state index contributed by atoms with van der Waals surface area (Å²) in [6, 6.07) is 11.5. The minimum atomic E-state index is -0.391. The summed E-state index contributed by atoms with van der Waals surface area (Å²) in [5, 5.41) is 2.99. The fourth-order valence-electron chi connectivity index (χ4n) is 3.48. The highest BCUT2D eigenvalue weighted by atomic mass is 19.1. The van der Waals surface area contributed by atoms with Crippen LogP contribution in [0.25, 0.3) is 11.1 Å². The van der Waals surface area contributed by atoms with Crippen LogP contribution < -0.4 is 5.32 Å². The van der Waals surface area contributed by atoms with E-state index in [1.807, 2.05) is 0 Å². The van der Waals surface area contributed by atoms with E-state index < -0.39 is 5.82 Å². The van der Waals surface area contributed by atoms with Gasteiger partial charge in [-0.1, -0.05) is 18.6 Å². The van der Waals surface area contributed by atoms with Gasteiger partial charge in [-0.05, 0) is 69.3 Å². The van der Waals surface area contributed by atoms with Crippen LogP contribution in [-0.4, -0.2) is 42.8 Å². The van der Waals surface area contributed by atoms with Gasteiger partial charge in [-0.25, -0.2) is 4.39 Å². The third-order valence-corrected chi connectivity index (χ3v) is 5.25. The quantitative estimate of drug-likeness (QED) is 0.814. The van der Waals surface area contributed by atoms with E-state index in [0.717, 1.165) is 13.0 Å². The lowest BCUT2D eigenvalue weighted by atomic mass is 9.99. The highest BCUT2D eigenvalue weighted by Crippen LogP contribution is 2.25. The minimum Gasteiger partial charge on any atom is -0.350 e. The Morgan fingerprint density at radius 2 is 1.81 bits per heavy atom. The molecule has 0 unspecified atom stereocenters. The van der Waals surface area contributed by atoms with E-state index in [-0.39, 0.29) is 11.7 Å². The molecule has 27 heavy (non-hydrogen) atoms. The van der Waals surface area contributed by atoms with Crippen LogP contribution in [0.1, 0.15) is 46.9 Å². The zero-order valence-electron chi connectivity index (χ0n) is 15.8. The Bertz CT molecular complexity index is 833. The van der Waals surface area contributed by atoms with Crippen molar-refractivity contribution in [1.82, 2.24) is 10.2 Å². The molecule has 0 bridgehead atoms. The molecule has 1 saturated heterocycles. The highest BCUT2D eigenvalue weighted by Gasteiger charge is 2.19. The lowest BCUT2D eigenvalue weighted by Gasteiger charge is -2.32. The molecule has 0 saturated carbocycles. The summed E-state index contributed by atoms with van der Waals surface area (Å²) < 4.78 is 14.1. The smallest absolute Gasteiger partial charge is 0.251 e. The molecule has 0 radical (unpaired) electrons. The summed E-state index contributed by atoms with van der Waals surface area (Å²) in [4.78, 5) is 26.2. The summed E-state index contributed by atoms with van der Waals surface area (Å²) in [5.41, 5.74) is 2.00. The van der Waals surface area contributed by atoms with Gasteiger partial charge in [0.25, 0.3) is 5.91 Å². The molecular weight excluding hydrogens is 343 g/mol. The third kappa shape index (κ3) is 4.61. The van der Waals surface area contributed by atoms with Crippen molar-refractivity contribution in [2.45, 2.75) is 32.2 Å². The molecule has 1 atom stereocenters. The zero-order valence-corrected chi connectivity index (χ0v) is 15.8. The van der Waals surface area contributed by atoms with E-state index in [2.05, 4.69) is 17.3 Å². The molecule has 0 spiro atoms. The van der Waals surface area contributed by atoms with Gasteiger partial charge < -0.3 is 10.2 Å². The molecule has 1 fully saturated rings. The molecule has 5 heteroatoms. The van der Waals surface area contributed by atoms with Crippen molar-refractivity contribution in [3.05, 3.63) is 59.4 Å². The van der Waals surface area contributed by atoms with Crippen molar-refractivity contribution in [2.75, 3.05) is 20.1 Å². The highest BCUT2D eigenvalue weighted by molar-refractivity contribution is 5.96. The second-order valence-corrected chi connectivity index (χ2v) is 7.17. The van der Waals surface area contributed by atoms with Gasteiger partial charge in [-0.15, -0.1) is 0 Å². The Morgan fingerprint density at radius 3 is 2.48 bits per heavy atom. The summed E-state index contributed by atoms with van der Waals surface area (Å²) in [6.07, 6.45) is 3.51. The standard InChI is InChI=1S/C22H25FN2O2/c1-15(26)18-10-11-21(23)20(13-18)16-6-8-17(9-7-16)22(27)24-14-19-5-3-4-12-25(19)2/h6-11,13,19H,3-5,12,14H2,1-2H3,(H,24,27)/t19-/m1/s1. The summed E-state index contributed by atoms with van der Waals surface area (Å²) in [6.45, 7) is 3.15. The number of halogens is 1. The first-order valence-electron chi connectivity index (χ1n) is 9.35. The van der Waals surface area contributed by atoms with Gasteiger partial charge in [0.05, 0.1) is 0 Å². The summed E-state index contributed by atoms with van der Waals surface area (Å²) in [7, 11) is 2.09. The number of hydrogen-bond acceptors (Lipinski definition) is 3. The molecule has 2 aromatic carbocycles. The maximum atomic E-state index is 14.1. The van der Waals surface area contributed by atoms with Crippen LogP contribution in [0.3, 0.4) is 0 Å². The summed E-state index contributed by atoms with van der Waals surface area (Å²) >= 11 is 0. The van der Waals surface area contributed by atoms with Crippen molar-refractivity contribution in [1.29, 1.82) is 0 Å². The van der Waals surface area contributed by atoms with Crippen LogP contribution in [0.5, 0.6) is 0 Å². The predicted molar refractivity (Wildman–Crippen MR) is 104 cm³/mol. The number of Topliss-reactive ketones (excluding diaryl/α,β-unsaturated/α-hetero) is 1. The molecule has 1 heterocycles. The molecule has 3 rings (SSSR count). The molecule has 0 aromatic heterocycles. The van der Waals surface area contributed by atoms with Gasteiger partial charge in [0, 0.05) is 29.3 Å². The Labute approximate surface area is 159 Å². The number of likely N-dealkylation sites (tertiary alicyclic amines) is 1. The van der Waals surface area contributed by atoms with Crippen LogP contribution in [0.15, 0.2) is 42.5 Å². The number of hydrogen-bond donors (Lipinski definition) is 1. The lowest BCUT2D eigenvalue weighted by Crippen LogP contribution is -2.44. The Balaban J connectivity index is 1.69. The number of rotatable bonds is 5. The Hall–Kier alpha value is -2.53. The van der Waals surface area contributed by atoms with E-state index in [1.165, 1.54) is 31.9 Å². The number of nitrogens with one attached hydrogen (secondary N) is 1. The van der Waals surface area contributed by atoms with Gasteiger partial charge in [0.1, 0.15) is 5.82 Å². The number of carbonyl (C=O) groups excluding carboxylic acids is 2. The van der Waals surface area contributed by atoms with Crippen LogP contribution in [0.4, 0.5) is 4.39 Å². The molecule has 2 aromatic rings. The first-order valence-corrected chi connectivity index (χ1v) is 9.35. The number of nitrogens with zero attached hydrogens (tertiary/aromatic N) is 1. The Morgan fingerprint density at radius 1 is 1.11 bits per heavy atom. The SMILES string of the molecule is CC(=O)c1ccc(F)c(-c2ccc(C(=O)NC[C@H]3CCCCN3C)cc2)c1. The molecule has 1 N–H and O–H groups in total. The monoisotopic (exact) mass is 368 g/mol. The van der Waals surface area contributed by atoms with E-state index >= 15 is 0 Å². The molecule has 1 aliphatic rings. The van der Waals surface area contributed by atoms with Gasteiger partial charge in [0.15, 0.2) is 5.78 Å². The number of ketones is 1. The average Bonchev–Trinajstić information content (AvgIpc) is 2.67. The number of piperidine rings is 1.